The second-order valence-corrected chi connectivity index (χ2v) is 3.28. The summed E-state index contributed by atoms with van der Waals surface area (Å²) in [5.41, 5.74) is 0.717. The van der Waals surface area contributed by atoms with Gasteiger partial charge < -0.3 is 0 Å². The Bertz CT molecular complexity index is 70.1. The quantitative estimate of drug-likeness (QED) is 0.514. The fourth-order valence-electron chi connectivity index (χ4n) is 1.48. The highest BCUT2D eigenvalue weighted by molar-refractivity contribution is 4.86. The molecule has 1 aliphatic rings. The summed E-state index contributed by atoms with van der Waals surface area (Å²) in [5.74, 6) is 0. The van der Waals surface area contributed by atoms with E-state index >= 15 is 0 Å². The number of hydrogen-bond donors (Lipinski definition) is 0. The molecule has 0 amide bonds. The van der Waals surface area contributed by atoms with Crippen LogP contribution in [0, 0.1) is 11.8 Å². The van der Waals surface area contributed by atoms with Crippen LogP contribution in [0.25, 0.3) is 0 Å². The minimum Gasteiger partial charge on any atom is -0.0622 e. The third kappa shape index (κ3) is 1.04. The lowest BCUT2D eigenvalue weighted by Crippen LogP contribution is -2.24. The lowest BCUT2D eigenvalue weighted by Gasteiger charge is -2.38. The molecule has 0 heterocycles. The minimum atomic E-state index is 0.717. The molecule has 0 bridgehead atoms. The van der Waals surface area contributed by atoms with Crippen molar-refractivity contribution in [2.45, 2.75) is 39.5 Å². The van der Waals surface area contributed by atoms with E-state index in [1.165, 1.54) is 25.7 Å². The monoisotopic (exact) mass is 111 g/mol. The molecule has 0 aromatic carbocycles. The summed E-state index contributed by atoms with van der Waals surface area (Å²) in [6.07, 6.45) is 7.99. The normalized spacial score (nSPS) is 24.8. The van der Waals surface area contributed by atoms with E-state index in [9.17, 15) is 0 Å². The lowest BCUT2D eigenvalue weighted by atomic mass is 9.68. The van der Waals surface area contributed by atoms with Gasteiger partial charge >= 0.3 is 0 Å². The van der Waals surface area contributed by atoms with Gasteiger partial charge in [0.2, 0.25) is 0 Å². The molecule has 0 saturated heterocycles. The molecule has 0 spiro atoms. The van der Waals surface area contributed by atoms with Gasteiger partial charge in [0.1, 0.15) is 0 Å². The van der Waals surface area contributed by atoms with E-state index in [1.807, 2.05) is 0 Å². The van der Waals surface area contributed by atoms with Crippen LogP contribution in [0.15, 0.2) is 0 Å². The lowest BCUT2D eigenvalue weighted by molar-refractivity contribution is 0.160. The van der Waals surface area contributed by atoms with Gasteiger partial charge in [0.05, 0.1) is 0 Å². The van der Waals surface area contributed by atoms with Crippen molar-refractivity contribution in [3.05, 3.63) is 6.42 Å². The first kappa shape index (κ1) is 6.12. The molecule has 0 aromatic rings. The molecule has 0 aromatic heterocycles. The van der Waals surface area contributed by atoms with E-state index in [0.717, 1.165) is 5.41 Å². The van der Waals surface area contributed by atoms with E-state index in [0.29, 0.717) is 0 Å². The van der Waals surface area contributed by atoms with Crippen molar-refractivity contribution in [2.24, 2.45) is 5.41 Å². The average Bonchev–Trinajstić information content (AvgIpc) is 1.64. The van der Waals surface area contributed by atoms with Crippen molar-refractivity contribution in [1.29, 1.82) is 0 Å². The summed E-state index contributed by atoms with van der Waals surface area (Å²) in [7, 11) is 0. The molecule has 0 nitrogen and oxygen atoms in total. The molecule has 0 unspecified atom stereocenters. The van der Waals surface area contributed by atoms with Crippen LogP contribution in [-0.2, 0) is 0 Å². The molecule has 0 N–H and O–H groups in total. The van der Waals surface area contributed by atoms with Crippen molar-refractivity contribution >= 4 is 0 Å². The summed E-state index contributed by atoms with van der Waals surface area (Å²) in [4.78, 5) is 0. The zero-order valence-electron chi connectivity index (χ0n) is 5.91. The van der Waals surface area contributed by atoms with Gasteiger partial charge in [0.15, 0.2) is 0 Å². The van der Waals surface area contributed by atoms with E-state index in [1.54, 1.807) is 0 Å². The maximum atomic E-state index is 2.39. The van der Waals surface area contributed by atoms with Crippen molar-refractivity contribution in [3.63, 3.8) is 0 Å². The molecule has 1 fully saturated rings. The largest absolute Gasteiger partial charge is 0.0622 e. The maximum Gasteiger partial charge on any atom is -0.0323 e. The van der Waals surface area contributed by atoms with E-state index in [2.05, 4.69) is 20.3 Å². The molecule has 1 rings (SSSR count). The first-order valence-corrected chi connectivity index (χ1v) is 3.55. The summed E-state index contributed by atoms with van der Waals surface area (Å²) < 4.78 is 0. The minimum absolute atomic E-state index is 0.717. The third-order valence-electron chi connectivity index (χ3n) is 2.26. The smallest absolute Gasteiger partial charge is 0.0323 e. The molecule has 0 atom stereocenters. The summed E-state index contributed by atoms with van der Waals surface area (Å²) in [6.45, 7) is 4.54. The first-order valence-electron chi connectivity index (χ1n) is 3.55. The van der Waals surface area contributed by atoms with Gasteiger partial charge in [-0.15, -0.1) is 0 Å². The van der Waals surface area contributed by atoms with E-state index in [4.69, 9.17) is 0 Å². The Hall–Kier alpha value is 0. The van der Waals surface area contributed by atoms with Crippen LogP contribution in [0.3, 0.4) is 0 Å². The van der Waals surface area contributed by atoms with Gasteiger partial charge in [-0.05, 0) is 31.1 Å². The Morgan fingerprint density at radius 3 is 2.25 bits per heavy atom. The highest BCUT2D eigenvalue weighted by atomic mass is 14.3. The SMILES string of the molecule is C[CH]CC1(C)CCC1. The molecular formula is C8H15. The summed E-state index contributed by atoms with van der Waals surface area (Å²) in [6, 6.07) is 0. The molecule has 1 saturated carbocycles. The van der Waals surface area contributed by atoms with E-state index in [-0.39, 0.29) is 0 Å². The third-order valence-corrected chi connectivity index (χ3v) is 2.26. The van der Waals surface area contributed by atoms with Crippen molar-refractivity contribution in [3.8, 4) is 0 Å². The van der Waals surface area contributed by atoms with Crippen LogP contribution in [0.5, 0.6) is 0 Å². The Balaban J connectivity index is 2.20. The van der Waals surface area contributed by atoms with Crippen LogP contribution >= 0.6 is 0 Å². The molecule has 47 valence electrons. The molecule has 0 heteroatoms. The Morgan fingerprint density at radius 2 is 2.12 bits per heavy atom. The number of rotatable bonds is 2. The van der Waals surface area contributed by atoms with Crippen molar-refractivity contribution in [1.82, 2.24) is 0 Å². The standard InChI is InChI=1S/C8H15/c1-3-5-8(2)6-4-7-8/h3H,4-7H2,1-2H3. The first-order chi connectivity index (χ1) is 3.77. The maximum absolute atomic E-state index is 2.39. The second-order valence-electron chi connectivity index (χ2n) is 3.28. The van der Waals surface area contributed by atoms with Gasteiger partial charge in [-0.3, -0.25) is 0 Å². The zero-order valence-corrected chi connectivity index (χ0v) is 5.91. The van der Waals surface area contributed by atoms with E-state index < -0.39 is 0 Å². The predicted molar refractivity (Wildman–Crippen MR) is 36.5 cm³/mol. The fourth-order valence-corrected chi connectivity index (χ4v) is 1.48. The zero-order chi connectivity index (χ0) is 6.04. The van der Waals surface area contributed by atoms with Crippen LogP contribution < -0.4 is 0 Å². The van der Waals surface area contributed by atoms with Gasteiger partial charge in [-0.2, -0.15) is 0 Å². The highest BCUT2D eigenvalue weighted by Crippen LogP contribution is 2.43. The van der Waals surface area contributed by atoms with Gasteiger partial charge in [-0.1, -0.05) is 20.3 Å². The van der Waals surface area contributed by atoms with Crippen molar-refractivity contribution < 1.29 is 0 Å². The second kappa shape index (κ2) is 2.08. The van der Waals surface area contributed by atoms with Crippen molar-refractivity contribution in [2.75, 3.05) is 0 Å². The summed E-state index contributed by atoms with van der Waals surface area (Å²) in [5, 5.41) is 0. The Kier molecular flexibility index (Phi) is 1.59. The van der Waals surface area contributed by atoms with Gasteiger partial charge in [0.25, 0.3) is 0 Å². The average molecular weight is 111 g/mol. The van der Waals surface area contributed by atoms with Gasteiger partial charge in [-0.25, -0.2) is 0 Å². The fraction of sp³-hybridized carbons (Fsp3) is 0.875. The highest BCUT2D eigenvalue weighted by Gasteiger charge is 2.29. The molecule has 8 heavy (non-hydrogen) atoms. The van der Waals surface area contributed by atoms with Crippen LogP contribution in [0.1, 0.15) is 39.5 Å². The van der Waals surface area contributed by atoms with Crippen LogP contribution in [0.4, 0.5) is 0 Å². The molecule has 1 radical (unpaired) electrons. The predicted octanol–water partition coefficient (Wildman–Crippen LogP) is 2.79. The number of hydrogen-bond acceptors (Lipinski definition) is 0. The molecule has 1 aliphatic carbocycles. The Labute approximate surface area is 52.3 Å². The summed E-state index contributed by atoms with van der Waals surface area (Å²) >= 11 is 0. The van der Waals surface area contributed by atoms with Gasteiger partial charge in [0, 0.05) is 0 Å². The Morgan fingerprint density at radius 1 is 1.50 bits per heavy atom. The topological polar surface area (TPSA) is 0 Å². The van der Waals surface area contributed by atoms with Crippen LogP contribution in [0.2, 0.25) is 0 Å². The van der Waals surface area contributed by atoms with Crippen LogP contribution in [-0.4, -0.2) is 0 Å². The molecular weight excluding hydrogens is 96.1 g/mol. The molecule has 0 aliphatic heterocycles.